The van der Waals surface area contributed by atoms with Gasteiger partial charge in [0.15, 0.2) is 5.69 Å². The minimum absolute atomic E-state index is 0.155. The number of carbonyl (C=O) groups excluding carboxylic acids is 1. The molecule has 1 aromatic heterocycles. The number of hydrogen-bond acceptors (Lipinski definition) is 5. The Morgan fingerprint density at radius 2 is 1.67 bits per heavy atom. The van der Waals surface area contributed by atoms with Crippen LogP contribution in [-0.2, 0) is 4.79 Å². The fourth-order valence-corrected chi connectivity index (χ4v) is 1.55. The molecule has 1 heterocycles. The van der Waals surface area contributed by atoms with Gasteiger partial charge >= 0.3 is 0 Å². The fourth-order valence-electron chi connectivity index (χ4n) is 1.48. The smallest absolute Gasteiger partial charge is 0.245 e. The molecule has 0 spiro atoms. The molecule has 7 heteroatoms. The van der Waals surface area contributed by atoms with E-state index in [-0.39, 0.29) is 11.8 Å². The molecule has 0 aromatic carbocycles. The van der Waals surface area contributed by atoms with Crippen molar-refractivity contribution in [2.45, 2.75) is 39.5 Å². The third-order valence-electron chi connectivity index (χ3n) is 2.64. The Labute approximate surface area is 130 Å². The van der Waals surface area contributed by atoms with Crippen LogP contribution in [0.3, 0.4) is 0 Å². The summed E-state index contributed by atoms with van der Waals surface area (Å²) in [6.45, 7) is 5.18. The molecule has 1 amide bonds. The average molecular weight is 316 g/mol. The van der Waals surface area contributed by atoms with Gasteiger partial charge in [0.2, 0.25) is 17.7 Å². The summed E-state index contributed by atoms with van der Waals surface area (Å²) in [6.07, 6.45) is 5.18. The van der Waals surface area contributed by atoms with Crippen molar-refractivity contribution in [2.24, 2.45) is 0 Å². The number of carbonyl (C=O) groups is 1. The van der Waals surface area contributed by atoms with E-state index in [9.17, 15) is 4.79 Å². The Hall–Kier alpha value is -1.56. The van der Waals surface area contributed by atoms with Gasteiger partial charge in [0.1, 0.15) is 12.2 Å². The Morgan fingerprint density at radius 3 is 2.10 bits per heavy atom. The summed E-state index contributed by atoms with van der Waals surface area (Å²) in [5.41, 5.74) is 0.343. The molecule has 0 fully saturated rings. The first kappa shape index (κ1) is 17.5. The normalized spacial score (nSPS) is 10.2. The van der Waals surface area contributed by atoms with Gasteiger partial charge in [-0.25, -0.2) is 0 Å². The topological polar surface area (TPSA) is 73.3 Å². The first-order chi connectivity index (χ1) is 10.2. The molecule has 0 saturated heterocycles. The lowest BCUT2D eigenvalue weighted by Gasteiger charge is -2.14. The maximum Gasteiger partial charge on any atom is 0.245 e. The lowest BCUT2D eigenvalue weighted by atomic mass is 10.3. The highest BCUT2D eigenvalue weighted by Crippen LogP contribution is 2.30. The molecule has 0 aliphatic heterocycles. The van der Waals surface area contributed by atoms with Crippen LogP contribution in [0.15, 0.2) is 6.33 Å². The van der Waals surface area contributed by atoms with Gasteiger partial charge in [-0.2, -0.15) is 9.97 Å². The lowest BCUT2D eigenvalue weighted by molar-refractivity contribution is -0.114. The number of anilines is 1. The van der Waals surface area contributed by atoms with Crippen LogP contribution in [0.2, 0.25) is 0 Å². The van der Waals surface area contributed by atoms with Gasteiger partial charge in [0.05, 0.1) is 13.2 Å². The molecule has 21 heavy (non-hydrogen) atoms. The molecular formula is C14H22ClN3O3. The summed E-state index contributed by atoms with van der Waals surface area (Å²) in [7, 11) is 0. The van der Waals surface area contributed by atoms with Crippen molar-refractivity contribution >= 4 is 23.2 Å². The van der Waals surface area contributed by atoms with E-state index < -0.39 is 0 Å². The van der Waals surface area contributed by atoms with Gasteiger partial charge in [0, 0.05) is 0 Å². The third kappa shape index (κ3) is 6.16. The minimum atomic E-state index is -0.354. The Balaban J connectivity index is 2.87. The van der Waals surface area contributed by atoms with Crippen LogP contribution in [0.1, 0.15) is 39.5 Å². The maximum atomic E-state index is 11.5. The van der Waals surface area contributed by atoms with E-state index in [4.69, 9.17) is 21.1 Å². The number of nitrogens with zero attached hydrogens (tertiary/aromatic N) is 2. The third-order valence-corrected chi connectivity index (χ3v) is 2.88. The molecule has 0 saturated carbocycles. The predicted molar refractivity (Wildman–Crippen MR) is 82.2 cm³/mol. The molecular weight excluding hydrogens is 294 g/mol. The highest BCUT2D eigenvalue weighted by molar-refractivity contribution is 6.29. The number of aromatic nitrogens is 2. The van der Waals surface area contributed by atoms with Crippen LogP contribution in [0.5, 0.6) is 11.8 Å². The van der Waals surface area contributed by atoms with Gasteiger partial charge < -0.3 is 14.8 Å². The summed E-state index contributed by atoms with van der Waals surface area (Å²) in [5, 5.41) is 2.64. The Bertz CT molecular complexity index is 415. The second-order valence-electron chi connectivity index (χ2n) is 4.44. The lowest BCUT2D eigenvalue weighted by Crippen LogP contribution is -2.16. The Morgan fingerprint density at radius 1 is 1.14 bits per heavy atom. The molecule has 0 bridgehead atoms. The zero-order valence-electron chi connectivity index (χ0n) is 12.5. The second-order valence-corrected chi connectivity index (χ2v) is 4.71. The maximum absolute atomic E-state index is 11.5. The quantitative estimate of drug-likeness (QED) is 0.530. The SMILES string of the molecule is CCCCOc1ncnc(OCCCC)c1NC(=O)CCl. The van der Waals surface area contributed by atoms with Gasteiger partial charge in [-0.3, -0.25) is 4.79 Å². The van der Waals surface area contributed by atoms with Gasteiger partial charge in [0.25, 0.3) is 0 Å². The summed E-state index contributed by atoms with van der Waals surface area (Å²) in [6, 6.07) is 0. The number of amides is 1. The van der Waals surface area contributed by atoms with Crippen LogP contribution in [0, 0.1) is 0 Å². The van der Waals surface area contributed by atoms with E-state index in [1.54, 1.807) is 0 Å². The van der Waals surface area contributed by atoms with Crippen LogP contribution in [-0.4, -0.2) is 35.0 Å². The number of ether oxygens (including phenoxy) is 2. The van der Waals surface area contributed by atoms with E-state index in [0.717, 1.165) is 25.7 Å². The number of unbranched alkanes of at least 4 members (excludes halogenated alkanes) is 2. The van der Waals surface area contributed by atoms with Gasteiger partial charge in [-0.05, 0) is 12.8 Å². The zero-order valence-corrected chi connectivity index (χ0v) is 13.3. The number of halogens is 1. The van der Waals surface area contributed by atoms with Crippen molar-refractivity contribution in [3.05, 3.63) is 6.33 Å². The van der Waals surface area contributed by atoms with E-state index in [1.807, 2.05) is 0 Å². The molecule has 0 aliphatic rings. The largest absolute Gasteiger partial charge is 0.476 e. The highest BCUT2D eigenvalue weighted by Gasteiger charge is 2.16. The standard InChI is InChI=1S/C14H22ClN3O3/c1-3-5-7-20-13-12(18-11(19)9-15)14(17-10-16-13)21-8-6-4-2/h10H,3-9H2,1-2H3,(H,18,19). The molecule has 118 valence electrons. The van der Waals surface area contributed by atoms with Gasteiger partial charge in [-0.1, -0.05) is 26.7 Å². The monoisotopic (exact) mass is 315 g/mol. The molecule has 0 unspecified atom stereocenters. The fraction of sp³-hybridized carbons (Fsp3) is 0.643. The van der Waals surface area contributed by atoms with Crippen LogP contribution >= 0.6 is 11.6 Å². The van der Waals surface area contributed by atoms with Crippen LogP contribution in [0.25, 0.3) is 0 Å². The highest BCUT2D eigenvalue weighted by atomic mass is 35.5. The number of hydrogen-bond donors (Lipinski definition) is 1. The first-order valence-electron chi connectivity index (χ1n) is 7.19. The molecule has 1 aromatic rings. The first-order valence-corrected chi connectivity index (χ1v) is 7.72. The van der Waals surface area contributed by atoms with Gasteiger partial charge in [-0.15, -0.1) is 11.6 Å². The van der Waals surface area contributed by atoms with Crippen molar-refractivity contribution in [3.63, 3.8) is 0 Å². The van der Waals surface area contributed by atoms with Crippen LogP contribution < -0.4 is 14.8 Å². The number of nitrogens with one attached hydrogen (secondary N) is 1. The summed E-state index contributed by atoms with van der Waals surface area (Å²) < 4.78 is 11.2. The van der Waals surface area contributed by atoms with Crippen molar-refractivity contribution in [3.8, 4) is 11.8 Å². The molecule has 1 rings (SSSR count). The average Bonchev–Trinajstić information content (AvgIpc) is 2.50. The molecule has 0 aliphatic carbocycles. The Kier molecular flexibility index (Phi) is 8.50. The summed E-state index contributed by atoms with van der Waals surface area (Å²) in [4.78, 5) is 19.6. The van der Waals surface area contributed by atoms with Crippen molar-refractivity contribution in [1.82, 2.24) is 9.97 Å². The number of alkyl halides is 1. The molecule has 6 nitrogen and oxygen atoms in total. The predicted octanol–water partition coefficient (Wildman–Crippen LogP) is 3.01. The summed E-state index contributed by atoms with van der Waals surface area (Å²) in [5.74, 6) is 0.108. The van der Waals surface area contributed by atoms with Crippen molar-refractivity contribution in [2.75, 3.05) is 24.4 Å². The van der Waals surface area contributed by atoms with E-state index >= 15 is 0 Å². The van der Waals surface area contributed by atoms with Crippen LogP contribution in [0.4, 0.5) is 5.69 Å². The molecule has 1 N–H and O–H groups in total. The molecule has 0 atom stereocenters. The van der Waals surface area contributed by atoms with E-state index in [1.165, 1.54) is 6.33 Å². The van der Waals surface area contributed by atoms with Crippen molar-refractivity contribution in [1.29, 1.82) is 0 Å². The van der Waals surface area contributed by atoms with E-state index in [0.29, 0.717) is 30.7 Å². The van der Waals surface area contributed by atoms with Crippen molar-refractivity contribution < 1.29 is 14.3 Å². The minimum Gasteiger partial charge on any atom is -0.476 e. The summed E-state index contributed by atoms with van der Waals surface area (Å²) >= 11 is 5.53. The van der Waals surface area contributed by atoms with E-state index in [2.05, 4.69) is 29.1 Å². The second kappa shape index (κ2) is 10.2. The number of rotatable bonds is 10. The zero-order chi connectivity index (χ0) is 15.5. The molecule has 0 radical (unpaired) electrons.